The molecule has 0 bridgehead atoms. The molecular formula is C16H17FN2O2S. The van der Waals surface area contributed by atoms with Gasteiger partial charge in [-0.25, -0.2) is 12.8 Å². The summed E-state index contributed by atoms with van der Waals surface area (Å²) in [6, 6.07) is 11.4. The van der Waals surface area contributed by atoms with Crippen molar-refractivity contribution in [3.8, 4) is 0 Å². The molecule has 6 heteroatoms. The van der Waals surface area contributed by atoms with Crippen LogP contribution in [0.3, 0.4) is 0 Å². The van der Waals surface area contributed by atoms with Gasteiger partial charge in [0.15, 0.2) is 0 Å². The Kier molecular flexibility index (Phi) is 3.56. The van der Waals surface area contributed by atoms with Crippen LogP contribution in [-0.2, 0) is 10.0 Å². The molecule has 1 aliphatic heterocycles. The molecule has 1 aliphatic rings. The Morgan fingerprint density at radius 1 is 1.05 bits per heavy atom. The van der Waals surface area contributed by atoms with Crippen molar-refractivity contribution >= 4 is 21.4 Å². The zero-order chi connectivity index (χ0) is 15.9. The van der Waals surface area contributed by atoms with Crippen LogP contribution in [0.25, 0.3) is 0 Å². The lowest BCUT2D eigenvalue weighted by atomic mass is 10.2. The first kappa shape index (κ1) is 14.8. The van der Waals surface area contributed by atoms with Gasteiger partial charge >= 0.3 is 0 Å². The third-order valence-corrected chi connectivity index (χ3v) is 5.74. The van der Waals surface area contributed by atoms with Crippen molar-refractivity contribution in [2.45, 2.75) is 11.8 Å². The van der Waals surface area contributed by atoms with Crippen molar-refractivity contribution in [3.05, 3.63) is 53.8 Å². The van der Waals surface area contributed by atoms with Gasteiger partial charge in [-0.3, -0.25) is 4.31 Å². The molecule has 0 aromatic heterocycles. The van der Waals surface area contributed by atoms with Crippen LogP contribution in [0.4, 0.5) is 15.8 Å². The van der Waals surface area contributed by atoms with E-state index >= 15 is 0 Å². The molecule has 4 nitrogen and oxygen atoms in total. The molecule has 0 unspecified atom stereocenters. The van der Waals surface area contributed by atoms with Crippen LogP contribution in [0, 0.1) is 12.7 Å². The highest BCUT2D eigenvalue weighted by Gasteiger charge is 2.30. The fraction of sp³-hybridized carbons (Fsp3) is 0.250. The third-order valence-electron chi connectivity index (χ3n) is 3.93. The summed E-state index contributed by atoms with van der Waals surface area (Å²) in [5.41, 5.74) is 1.90. The van der Waals surface area contributed by atoms with Crippen LogP contribution in [0.15, 0.2) is 47.4 Å². The normalized spacial score (nSPS) is 14.9. The minimum atomic E-state index is -3.77. The lowest BCUT2D eigenvalue weighted by Crippen LogP contribution is -2.42. The molecule has 116 valence electrons. The van der Waals surface area contributed by atoms with Crippen molar-refractivity contribution < 1.29 is 12.8 Å². The lowest BCUT2D eigenvalue weighted by molar-refractivity contribution is 0.583. The molecule has 3 rings (SSSR count). The Labute approximate surface area is 129 Å². The Morgan fingerprint density at radius 2 is 1.73 bits per heavy atom. The van der Waals surface area contributed by atoms with Crippen molar-refractivity contribution in [2.75, 3.05) is 29.3 Å². The zero-order valence-corrected chi connectivity index (χ0v) is 13.3. The lowest BCUT2D eigenvalue weighted by Gasteiger charge is -2.36. The summed E-state index contributed by atoms with van der Waals surface area (Å²) in [5.74, 6) is -0.511. The van der Waals surface area contributed by atoms with Gasteiger partial charge < -0.3 is 4.90 Å². The van der Waals surface area contributed by atoms with Crippen molar-refractivity contribution in [1.82, 2.24) is 0 Å². The number of hydrogen-bond donors (Lipinski definition) is 0. The molecule has 0 amide bonds. The largest absolute Gasteiger partial charge is 0.371 e. The summed E-state index contributed by atoms with van der Waals surface area (Å²) in [6.07, 6.45) is 0. The van der Waals surface area contributed by atoms with Crippen molar-refractivity contribution in [3.63, 3.8) is 0 Å². The fourth-order valence-electron chi connectivity index (χ4n) is 2.59. The second-order valence-electron chi connectivity index (χ2n) is 5.40. The SMILES string of the molecule is Cc1ccc(S(=O)(=O)N2CCN(C)c3ccccc32)cc1F. The molecule has 1 heterocycles. The molecular weight excluding hydrogens is 303 g/mol. The van der Waals surface area contributed by atoms with E-state index in [0.717, 1.165) is 11.8 Å². The number of fused-ring (bicyclic) bond motifs is 1. The van der Waals surface area contributed by atoms with E-state index in [4.69, 9.17) is 0 Å². The van der Waals surface area contributed by atoms with E-state index in [0.29, 0.717) is 24.3 Å². The smallest absolute Gasteiger partial charge is 0.264 e. The first-order valence-electron chi connectivity index (χ1n) is 7.00. The highest BCUT2D eigenvalue weighted by atomic mass is 32.2. The van der Waals surface area contributed by atoms with Crippen molar-refractivity contribution in [2.24, 2.45) is 0 Å². The number of benzene rings is 2. The summed E-state index contributed by atoms with van der Waals surface area (Å²) < 4.78 is 40.8. The van der Waals surface area contributed by atoms with Gasteiger partial charge in [0.25, 0.3) is 10.0 Å². The van der Waals surface area contributed by atoms with Gasteiger partial charge in [0, 0.05) is 13.6 Å². The number of sulfonamides is 1. The number of anilines is 2. The number of hydrogen-bond acceptors (Lipinski definition) is 3. The zero-order valence-electron chi connectivity index (χ0n) is 12.5. The molecule has 0 fully saturated rings. The Hall–Kier alpha value is -2.08. The summed E-state index contributed by atoms with van der Waals surface area (Å²) in [7, 11) is -1.85. The summed E-state index contributed by atoms with van der Waals surface area (Å²) in [5, 5.41) is 0. The van der Waals surface area contributed by atoms with Crippen LogP contribution in [-0.4, -0.2) is 28.6 Å². The molecule has 0 N–H and O–H groups in total. The van der Waals surface area contributed by atoms with E-state index < -0.39 is 15.8 Å². The third kappa shape index (κ3) is 2.33. The number of nitrogens with zero attached hydrogens (tertiary/aromatic N) is 2. The number of para-hydroxylation sites is 2. The monoisotopic (exact) mass is 320 g/mol. The van der Waals surface area contributed by atoms with E-state index in [9.17, 15) is 12.8 Å². The average Bonchev–Trinajstić information content (AvgIpc) is 2.50. The Morgan fingerprint density at radius 3 is 2.41 bits per heavy atom. The first-order chi connectivity index (χ1) is 10.4. The first-order valence-corrected chi connectivity index (χ1v) is 8.44. The number of aryl methyl sites for hydroxylation is 1. The van der Waals surface area contributed by atoms with Gasteiger partial charge in [-0.15, -0.1) is 0 Å². The van der Waals surface area contributed by atoms with E-state index in [-0.39, 0.29) is 4.90 Å². The Balaban J connectivity index is 2.10. The standard InChI is InChI=1S/C16H17FN2O2S/c1-12-7-8-13(11-14(12)17)22(20,21)19-10-9-18(2)15-5-3-4-6-16(15)19/h3-8,11H,9-10H2,1-2H3. The predicted octanol–water partition coefficient (Wildman–Crippen LogP) is 2.78. The maximum Gasteiger partial charge on any atom is 0.264 e. The topological polar surface area (TPSA) is 40.6 Å². The molecule has 0 radical (unpaired) electrons. The van der Waals surface area contributed by atoms with Crippen LogP contribution in [0.5, 0.6) is 0 Å². The highest BCUT2D eigenvalue weighted by Crippen LogP contribution is 2.35. The second-order valence-corrected chi connectivity index (χ2v) is 7.26. The van der Waals surface area contributed by atoms with Gasteiger partial charge in [-0.2, -0.15) is 0 Å². The molecule has 0 spiro atoms. The molecule has 0 atom stereocenters. The summed E-state index contributed by atoms with van der Waals surface area (Å²) in [4.78, 5) is 1.99. The summed E-state index contributed by atoms with van der Waals surface area (Å²) >= 11 is 0. The maximum absolute atomic E-state index is 13.7. The highest BCUT2D eigenvalue weighted by molar-refractivity contribution is 7.92. The van der Waals surface area contributed by atoms with Crippen molar-refractivity contribution in [1.29, 1.82) is 0 Å². The van der Waals surface area contributed by atoms with Gasteiger partial charge in [0.1, 0.15) is 5.82 Å². The van der Waals surface area contributed by atoms with Gasteiger partial charge in [-0.05, 0) is 36.8 Å². The average molecular weight is 320 g/mol. The van der Waals surface area contributed by atoms with E-state index in [1.165, 1.54) is 16.4 Å². The van der Waals surface area contributed by atoms with Crippen LogP contribution < -0.4 is 9.21 Å². The Bertz CT molecular complexity index is 821. The minimum absolute atomic E-state index is 0.0186. The molecule has 22 heavy (non-hydrogen) atoms. The number of likely N-dealkylation sites (N-methyl/N-ethyl adjacent to an activating group) is 1. The molecule has 2 aromatic carbocycles. The van der Waals surface area contributed by atoms with Crippen LogP contribution in [0.2, 0.25) is 0 Å². The van der Waals surface area contributed by atoms with Gasteiger partial charge in [-0.1, -0.05) is 18.2 Å². The molecule has 0 saturated heterocycles. The number of rotatable bonds is 2. The van der Waals surface area contributed by atoms with Gasteiger partial charge in [0.05, 0.1) is 22.8 Å². The molecule has 0 aliphatic carbocycles. The minimum Gasteiger partial charge on any atom is -0.371 e. The summed E-state index contributed by atoms with van der Waals surface area (Å²) in [6.45, 7) is 2.53. The predicted molar refractivity (Wildman–Crippen MR) is 85.4 cm³/mol. The van der Waals surface area contributed by atoms with E-state index in [2.05, 4.69) is 0 Å². The second kappa shape index (κ2) is 5.28. The molecule has 0 saturated carbocycles. The fourth-order valence-corrected chi connectivity index (χ4v) is 4.07. The van der Waals surface area contributed by atoms with E-state index in [1.54, 1.807) is 19.1 Å². The van der Waals surface area contributed by atoms with E-state index in [1.807, 2.05) is 24.1 Å². The van der Waals surface area contributed by atoms with Crippen LogP contribution in [0.1, 0.15) is 5.56 Å². The number of halogens is 1. The molecule has 2 aromatic rings. The van der Waals surface area contributed by atoms with Crippen LogP contribution >= 0.6 is 0 Å². The maximum atomic E-state index is 13.7. The van der Waals surface area contributed by atoms with Gasteiger partial charge in [0.2, 0.25) is 0 Å². The quantitative estimate of drug-likeness (QED) is 0.854.